The van der Waals surface area contributed by atoms with Crippen molar-refractivity contribution in [1.29, 1.82) is 0 Å². The van der Waals surface area contributed by atoms with Crippen molar-refractivity contribution in [3.05, 3.63) is 71.3 Å². The molecule has 0 unspecified atom stereocenters. The Balaban J connectivity index is 1.25. The van der Waals surface area contributed by atoms with Crippen LogP contribution < -0.4 is 10.2 Å². The number of esters is 1. The number of amides is 3. The molecule has 2 aliphatic carbocycles. The van der Waals surface area contributed by atoms with Gasteiger partial charge < -0.3 is 10.1 Å². The van der Waals surface area contributed by atoms with E-state index in [1.54, 1.807) is 24.3 Å². The third-order valence-electron chi connectivity index (χ3n) is 6.89. The Morgan fingerprint density at radius 3 is 2.52 bits per heavy atom. The maximum Gasteiger partial charge on any atom is 0.338 e. The van der Waals surface area contributed by atoms with Crippen molar-refractivity contribution >= 4 is 35.1 Å². The highest BCUT2D eigenvalue weighted by Crippen LogP contribution is 2.55. The molecule has 2 fully saturated rings. The van der Waals surface area contributed by atoms with Crippen LogP contribution in [0.1, 0.15) is 29.3 Å². The molecule has 1 saturated heterocycles. The zero-order valence-corrected chi connectivity index (χ0v) is 18.4. The first kappa shape index (κ1) is 21.1. The number of imide groups is 1. The molecule has 4 atom stereocenters. The number of carbonyl (C=O) groups is 4. The number of hydrogen-bond acceptors (Lipinski definition) is 5. The minimum Gasteiger partial charge on any atom is -0.452 e. The number of benzene rings is 2. The van der Waals surface area contributed by atoms with Gasteiger partial charge in [-0.15, -0.1) is 0 Å². The number of rotatable bonds is 5. The normalized spacial score (nSPS) is 25.2. The van der Waals surface area contributed by atoms with E-state index in [0.717, 1.165) is 12.0 Å². The van der Waals surface area contributed by atoms with E-state index in [0.29, 0.717) is 11.4 Å². The predicted molar refractivity (Wildman–Crippen MR) is 121 cm³/mol. The van der Waals surface area contributed by atoms with E-state index in [9.17, 15) is 19.2 Å². The molecule has 2 aromatic carbocycles. The second kappa shape index (κ2) is 7.99. The van der Waals surface area contributed by atoms with Crippen molar-refractivity contribution in [2.24, 2.45) is 23.7 Å². The molecule has 2 aromatic rings. The van der Waals surface area contributed by atoms with Gasteiger partial charge in [0.05, 0.1) is 23.1 Å². The second-order valence-corrected chi connectivity index (χ2v) is 9.02. The smallest absolute Gasteiger partial charge is 0.338 e. The van der Waals surface area contributed by atoms with Crippen LogP contribution >= 0.6 is 0 Å². The van der Waals surface area contributed by atoms with Gasteiger partial charge in [-0.25, -0.2) is 9.69 Å². The van der Waals surface area contributed by atoms with E-state index in [-0.39, 0.29) is 41.0 Å². The molecular weight excluding hydrogens is 420 g/mol. The highest BCUT2D eigenvalue weighted by molar-refractivity contribution is 6.23. The van der Waals surface area contributed by atoms with Gasteiger partial charge in [0, 0.05) is 5.69 Å². The van der Waals surface area contributed by atoms with Crippen LogP contribution in [0, 0.1) is 30.6 Å². The molecule has 1 aliphatic heterocycles. The summed E-state index contributed by atoms with van der Waals surface area (Å²) in [5, 5.41) is 2.67. The summed E-state index contributed by atoms with van der Waals surface area (Å²) in [7, 11) is 0. The number of hydrogen-bond donors (Lipinski definition) is 1. The maximum atomic E-state index is 13.1. The first-order valence-corrected chi connectivity index (χ1v) is 11.0. The average molecular weight is 444 g/mol. The first-order valence-electron chi connectivity index (χ1n) is 11.0. The van der Waals surface area contributed by atoms with Gasteiger partial charge in [0.25, 0.3) is 5.91 Å². The monoisotopic (exact) mass is 444 g/mol. The Kier molecular flexibility index (Phi) is 5.12. The summed E-state index contributed by atoms with van der Waals surface area (Å²) in [5.74, 6) is -1.95. The predicted octanol–water partition coefficient (Wildman–Crippen LogP) is 3.49. The lowest BCUT2D eigenvalue weighted by Gasteiger charge is -2.19. The molecule has 2 bridgehead atoms. The maximum absolute atomic E-state index is 13.1. The van der Waals surface area contributed by atoms with Crippen molar-refractivity contribution in [3.8, 4) is 0 Å². The summed E-state index contributed by atoms with van der Waals surface area (Å²) in [6, 6.07) is 13.5. The summed E-state index contributed by atoms with van der Waals surface area (Å²) in [6.07, 6.45) is 2.99. The molecule has 3 amide bonds. The van der Waals surface area contributed by atoms with Gasteiger partial charge in [0.15, 0.2) is 6.61 Å². The topological polar surface area (TPSA) is 92.8 Å². The molecule has 7 heteroatoms. The number of anilines is 2. The van der Waals surface area contributed by atoms with E-state index < -0.39 is 18.5 Å². The third-order valence-corrected chi connectivity index (χ3v) is 6.89. The van der Waals surface area contributed by atoms with Gasteiger partial charge in [-0.1, -0.05) is 35.4 Å². The zero-order chi connectivity index (χ0) is 23.3. The average Bonchev–Trinajstić information content (AvgIpc) is 3.44. The Bertz CT molecular complexity index is 1200. The lowest BCUT2D eigenvalue weighted by atomic mass is 9.82. The Labute approximate surface area is 191 Å². The number of fused-ring (bicyclic) bond motifs is 5. The molecule has 168 valence electrons. The molecular formula is C26H24N2O5. The van der Waals surface area contributed by atoms with Crippen LogP contribution in [0.4, 0.5) is 11.4 Å². The van der Waals surface area contributed by atoms with E-state index in [2.05, 4.69) is 11.4 Å². The molecule has 0 aromatic heterocycles. The fourth-order valence-electron chi connectivity index (χ4n) is 5.35. The lowest BCUT2D eigenvalue weighted by Crippen LogP contribution is -2.33. The van der Waals surface area contributed by atoms with Crippen LogP contribution in [-0.4, -0.2) is 30.3 Å². The van der Waals surface area contributed by atoms with Crippen LogP contribution in [-0.2, 0) is 19.1 Å². The standard InChI is InChI=1S/C26H24N2O5/c1-14-6-8-18(9-7-14)27-21(29)13-33-26(32)16-4-3-5-19(11-16)28-24(30)22-17-10-15(2)20(12-17)23(22)25(28)31/h3-11,17,20,22-23H,12-13H2,1-2H3,(H,27,29)/t17-,20+,22-,23+/m0/s1. The Hall–Kier alpha value is -3.74. The van der Waals surface area contributed by atoms with Gasteiger partial charge in [0.2, 0.25) is 11.8 Å². The summed E-state index contributed by atoms with van der Waals surface area (Å²) in [4.78, 5) is 52.1. The molecule has 1 heterocycles. The number of ether oxygens (including phenoxy) is 1. The second-order valence-electron chi connectivity index (χ2n) is 9.02. The molecule has 5 rings (SSSR count). The van der Waals surface area contributed by atoms with Gasteiger partial charge >= 0.3 is 5.97 Å². The quantitative estimate of drug-likeness (QED) is 0.433. The number of nitrogens with one attached hydrogen (secondary N) is 1. The molecule has 0 spiro atoms. The van der Waals surface area contributed by atoms with Crippen LogP contribution in [0.3, 0.4) is 0 Å². The number of aryl methyl sites for hydroxylation is 1. The minimum absolute atomic E-state index is 0.113. The number of nitrogens with zero attached hydrogens (tertiary/aromatic N) is 1. The molecule has 33 heavy (non-hydrogen) atoms. The van der Waals surface area contributed by atoms with Crippen molar-refractivity contribution in [3.63, 3.8) is 0 Å². The van der Waals surface area contributed by atoms with Crippen LogP contribution in [0.15, 0.2) is 60.2 Å². The van der Waals surface area contributed by atoms with E-state index in [1.807, 2.05) is 26.0 Å². The molecule has 7 nitrogen and oxygen atoms in total. The minimum atomic E-state index is -0.701. The zero-order valence-electron chi connectivity index (χ0n) is 18.4. The van der Waals surface area contributed by atoms with Gasteiger partial charge in [0.1, 0.15) is 0 Å². The highest BCUT2D eigenvalue weighted by atomic mass is 16.5. The summed E-state index contributed by atoms with van der Waals surface area (Å²) < 4.78 is 5.14. The van der Waals surface area contributed by atoms with Crippen molar-refractivity contribution in [2.45, 2.75) is 20.3 Å². The van der Waals surface area contributed by atoms with Gasteiger partial charge in [-0.2, -0.15) is 0 Å². The van der Waals surface area contributed by atoms with Crippen LogP contribution in [0.2, 0.25) is 0 Å². The molecule has 1 N–H and O–H groups in total. The molecule has 0 radical (unpaired) electrons. The van der Waals surface area contributed by atoms with Crippen molar-refractivity contribution in [2.75, 3.05) is 16.8 Å². The van der Waals surface area contributed by atoms with Crippen LogP contribution in [0.25, 0.3) is 0 Å². The molecule has 1 saturated carbocycles. The van der Waals surface area contributed by atoms with Crippen LogP contribution in [0.5, 0.6) is 0 Å². The molecule has 3 aliphatic rings. The third kappa shape index (κ3) is 3.63. The number of allylic oxidation sites excluding steroid dienone is 2. The van der Waals surface area contributed by atoms with E-state index >= 15 is 0 Å². The Morgan fingerprint density at radius 1 is 1.03 bits per heavy atom. The summed E-state index contributed by atoms with van der Waals surface area (Å²) in [5.41, 5.74) is 3.39. The summed E-state index contributed by atoms with van der Waals surface area (Å²) >= 11 is 0. The highest BCUT2D eigenvalue weighted by Gasteiger charge is 2.60. The fourth-order valence-corrected chi connectivity index (χ4v) is 5.35. The Morgan fingerprint density at radius 2 is 1.76 bits per heavy atom. The van der Waals surface area contributed by atoms with Crippen molar-refractivity contribution in [1.82, 2.24) is 0 Å². The first-order chi connectivity index (χ1) is 15.8. The van der Waals surface area contributed by atoms with E-state index in [1.165, 1.54) is 22.6 Å². The van der Waals surface area contributed by atoms with E-state index in [4.69, 9.17) is 4.74 Å². The summed E-state index contributed by atoms with van der Waals surface area (Å²) in [6.45, 7) is 3.52. The van der Waals surface area contributed by atoms with Gasteiger partial charge in [-0.3, -0.25) is 14.4 Å². The fraction of sp³-hybridized carbons (Fsp3) is 0.308. The number of carbonyl (C=O) groups excluding carboxylic acids is 4. The van der Waals surface area contributed by atoms with Gasteiger partial charge in [-0.05, 0) is 62.4 Å². The lowest BCUT2D eigenvalue weighted by molar-refractivity contribution is -0.123. The van der Waals surface area contributed by atoms with Crippen molar-refractivity contribution < 1.29 is 23.9 Å². The largest absolute Gasteiger partial charge is 0.452 e. The SMILES string of the molecule is CC1=C[C@H]2C[C@H]1[C@H]1C(=O)N(c3cccc(C(=O)OCC(=O)Nc4ccc(C)cc4)c3)C(=O)[C@H]12.